The SMILES string of the molecule is CCc1cc(N2CCOC(c3ccc(Br)cc3)C2)n2ncnc2n1. The van der Waals surface area contributed by atoms with Crippen LogP contribution in [0.2, 0.25) is 0 Å². The summed E-state index contributed by atoms with van der Waals surface area (Å²) in [4.78, 5) is 11.1. The van der Waals surface area contributed by atoms with Gasteiger partial charge in [0.15, 0.2) is 0 Å². The van der Waals surface area contributed by atoms with Crippen LogP contribution in [0.5, 0.6) is 0 Å². The van der Waals surface area contributed by atoms with Gasteiger partial charge >= 0.3 is 0 Å². The van der Waals surface area contributed by atoms with Crippen molar-refractivity contribution in [1.82, 2.24) is 19.6 Å². The minimum atomic E-state index is 0.0451. The Hall–Kier alpha value is -1.99. The van der Waals surface area contributed by atoms with Crippen molar-refractivity contribution < 1.29 is 4.74 Å². The summed E-state index contributed by atoms with van der Waals surface area (Å²) in [5, 5.41) is 4.33. The lowest BCUT2D eigenvalue weighted by atomic mass is 10.1. The first-order chi connectivity index (χ1) is 11.7. The average molecular weight is 388 g/mol. The number of nitrogens with zero attached hydrogens (tertiary/aromatic N) is 5. The summed E-state index contributed by atoms with van der Waals surface area (Å²) >= 11 is 3.48. The van der Waals surface area contributed by atoms with Crippen LogP contribution in [-0.4, -0.2) is 39.3 Å². The zero-order chi connectivity index (χ0) is 16.5. The van der Waals surface area contributed by atoms with Gasteiger partial charge in [0.1, 0.15) is 18.2 Å². The molecular weight excluding hydrogens is 370 g/mol. The molecule has 0 radical (unpaired) electrons. The van der Waals surface area contributed by atoms with Crippen LogP contribution < -0.4 is 4.90 Å². The fourth-order valence-electron chi connectivity index (χ4n) is 2.99. The van der Waals surface area contributed by atoms with Crippen molar-refractivity contribution in [2.24, 2.45) is 0 Å². The Bertz CT molecular complexity index is 848. The van der Waals surface area contributed by atoms with Crippen molar-refractivity contribution in [2.75, 3.05) is 24.6 Å². The van der Waals surface area contributed by atoms with E-state index in [1.165, 1.54) is 5.56 Å². The van der Waals surface area contributed by atoms with E-state index in [1.54, 1.807) is 6.33 Å². The number of halogens is 1. The molecule has 0 spiro atoms. The monoisotopic (exact) mass is 387 g/mol. The lowest BCUT2D eigenvalue weighted by molar-refractivity contribution is 0.0394. The number of ether oxygens (including phenoxy) is 1. The number of rotatable bonds is 3. The summed E-state index contributed by atoms with van der Waals surface area (Å²) in [5.41, 5.74) is 2.21. The van der Waals surface area contributed by atoms with Gasteiger partial charge in [-0.05, 0) is 24.1 Å². The smallest absolute Gasteiger partial charge is 0.254 e. The molecule has 3 aromatic rings. The Morgan fingerprint density at radius 2 is 2.12 bits per heavy atom. The second-order valence-electron chi connectivity index (χ2n) is 5.79. The van der Waals surface area contributed by atoms with E-state index in [-0.39, 0.29) is 6.10 Å². The molecule has 0 N–H and O–H groups in total. The molecule has 1 atom stereocenters. The molecule has 1 fully saturated rings. The van der Waals surface area contributed by atoms with Crippen molar-refractivity contribution in [3.05, 3.63) is 52.4 Å². The first-order valence-corrected chi connectivity index (χ1v) is 8.85. The maximum absolute atomic E-state index is 5.99. The van der Waals surface area contributed by atoms with Gasteiger partial charge in [-0.3, -0.25) is 0 Å². The van der Waals surface area contributed by atoms with Gasteiger partial charge in [0.05, 0.1) is 6.61 Å². The van der Waals surface area contributed by atoms with Crippen LogP contribution in [0.1, 0.15) is 24.3 Å². The molecule has 2 aromatic heterocycles. The Morgan fingerprint density at radius 1 is 1.29 bits per heavy atom. The largest absolute Gasteiger partial charge is 0.370 e. The third-order valence-electron chi connectivity index (χ3n) is 4.28. The van der Waals surface area contributed by atoms with Gasteiger partial charge in [0.2, 0.25) is 0 Å². The first-order valence-electron chi connectivity index (χ1n) is 8.06. The van der Waals surface area contributed by atoms with E-state index >= 15 is 0 Å². The highest BCUT2D eigenvalue weighted by atomic mass is 79.9. The zero-order valence-electron chi connectivity index (χ0n) is 13.4. The summed E-state index contributed by atoms with van der Waals surface area (Å²) in [7, 11) is 0. The van der Waals surface area contributed by atoms with Crippen molar-refractivity contribution in [3.8, 4) is 0 Å². The maximum atomic E-state index is 5.99. The Balaban J connectivity index is 1.66. The van der Waals surface area contributed by atoms with Crippen LogP contribution in [0.25, 0.3) is 5.78 Å². The van der Waals surface area contributed by atoms with E-state index in [1.807, 2.05) is 4.52 Å². The molecule has 1 aromatic carbocycles. The van der Waals surface area contributed by atoms with Gasteiger partial charge in [0, 0.05) is 29.3 Å². The van der Waals surface area contributed by atoms with Gasteiger partial charge in [-0.1, -0.05) is 35.0 Å². The zero-order valence-corrected chi connectivity index (χ0v) is 15.0. The Labute approximate surface area is 148 Å². The van der Waals surface area contributed by atoms with Crippen LogP contribution in [0.3, 0.4) is 0 Å². The number of morpholine rings is 1. The summed E-state index contributed by atoms with van der Waals surface area (Å²) in [5.74, 6) is 1.68. The Morgan fingerprint density at radius 3 is 2.92 bits per heavy atom. The second kappa shape index (κ2) is 6.49. The van der Waals surface area contributed by atoms with E-state index in [4.69, 9.17) is 4.74 Å². The quantitative estimate of drug-likeness (QED) is 0.691. The van der Waals surface area contributed by atoms with Crippen molar-refractivity contribution in [2.45, 2.75) is 19.4 Å². The van der Waals surface area contributed by atoms with Crippen molar-refractivity contribution in [3.63, 3.8) is 0 Å². The van der Waals surface area contributed by atoms with E-state index in [0.717, 1.165) is 35.5 Å². The van der Waals surface area contributed by atoms with E-state index in [0.29, 0.717) is 12.4 Å². The van der Waals surface area contributed by atoms with Gasteiger partial charge in [-0.25, -0.2) is 4.98 Å². The van der Waals surface area contributed by atoms with Crippen molar-refractivity contribution in [1.29, 1.82) is 0 Å². The van der Waals surface area contributed by atoms with E-state index in [9.17, 15) is 0 Å². The molecule has 124 valence electrons. The number of aryl methyl sites for hydroxylation is 1. The third-order valence-corrected chi connectivity index (χ3v) is 4.81. The summed E-state index contributed by atoms with van der Waals surface area (Å²) in [6, 6.07) is 10.4. The molecule has 4 rings (SSSR count). The van der Waals surface area contributed by atoms with Gasteiger partial charge in [-0.15, -0.1) is 0 Å². The molecule has 0 bridgehead atoms. The highest BCUT2D eigenvalue weighted by Crippen LogP contribution is 2.27. The molecule has 1 saturated heterocycles. The number of anilines is 1. The lowest BCUT2D eigenvalue weighted by Crippen LogP contribution is -2.39. The van der Waals surface area contributed by atoms with Gasteiger partial charge in [0.25, 0.3) is 5.78 Å². The molecular formula is C17H18BrN5O. The Kier molecular flexibility index (Phi) is 4.20. The highest BCUT2D eigenvalue weighted by molar-refractivity contribution is 9.10. The number of hydrogen-bond donors (Lipinski definition) is 0. The third kappa shape index (κ3) is 2.89. The van der Waals surface area contributed by atoms with E-state index in [2.05, 4.69) is 73.2 Å². The molecule has 0 aliphatic carbocycles. The van der Waals surface area contributed by atoms with Gasteiger partial charge < -0.3 is 9.64 Å². The van der Waals surface area contributed by atoms with Crippen LogP contribution >= 0.6 is 15.9 Å². The second-order valence-corrected chi connectivity index (χ2v) is 6.70. The van der Waals surface area contributed by atoms with Crippen LogP contribution in [0.15, 0.2) is 41.1 Å². The van der Waals surface area contributed by atoms with Crippen LogP contribution in [-0.2, 0) is 11.2 Å². The fraction of sp³-hybridized carbons (Fsp3) is 0.353. The molecule has 6 nitrogen and oxygen atoms in total. The molecule has 0 amide bonds. The maximum Gasteiger partial charge on any atom is 0.254 e. The standard InChI is InChI=1S/C17H18BrN5O/c1-2-14-9-16(23-17(21-14)19-11-20-23)22-7-8-24-15(10-22)12-3-5-13(18)6-4-12/h3-6,9,11,15H,2,7-8,10H2,1H3. The van der Waals surface area contributed by atoms with Crippen molar-refractivity contribution >= 4 is 27.5 Å². The van der Waals surface area contributed by atoms with E-state index < -0.39 is 0 Å². The molecule has 1 unspecified atom stereocenters. The molecule has 24 heavy (non-hydrogen) atoms. The van der Waals surface area contributed by atoms with Crippen LogP contribution in [0, 0.1) is 0 Å². The molecule has 3 heterocycles. The minimum absolute atomic E-state index is 0.0451. The number of hydrogen-bond acceptors (Lipinski definition) is 5. The predicted octanol–water partition coefficient (Wildman–Crippen LogP) is 3.03. The first kappa shape index (κ1) is 15.5. The highest BCUT2D eigenvalue weighted by Gasteiger charge is 2.24. The molecule has 1 aliphatic heterocycles. The number of aromatic nitrogens is 4. The average Bonchev–Trinajstić information content (AvgIpc) is 3.10. The molecule has 0 saturated carbocycles. The normalized spacial score (nSPS) is 18.2. The summed E-state index contributed by atoms with van der Waals surface area (Å²) in [6.07, 6.45) is 2.47. The topological polar surface area (TPSA) is 55.6 Å². The number of fused-ring (bicyclic) bond motifs is 1. The predicted molar refractivity (Wildman–Crippen MR) is 95.2 cm³/mol. The minimum Gasteiger partial charge on any atom is -0.370 e. The number of benzene rings is 1. The van der Waals surface area contributed by atoms with Gasteiger partial charge in [-0.2, -0.15) is 14.6 Å². The summed E-state index contributed by atoms with van der Waals surface area (Å²) in [6.45, 7) is 4.39. The van der Waals surface area contributed by atoms with Crippen LogP contribution in [0.4, 0.5) is 5.82 Å². The lowest BCUT2D eigenvalue weighted by Gasteiger charge is -2.34. The molecule has 7 heteroatoms. The molecule has 1 aliphatic rings. The summed E-state index contributed by atoms with van der Waals surface area (Å²) < 4.78 is 8.87. The fourth-order valence-corrected chi connectivity index (χ4v) is 3.25.